The molecule has 1 fully saturated rings. The highest BCUT2D eigenvalue weighted by molar-refractivity contribution is 5.74. The standard InChI is InChI=1S/C12H16N4O/c1-16-11-2-3-13-8-10(11)15-12(16)6-9-7-14-4-5-17-9/h2-3,8-9,14H,4-7H2,1H3. The van der Waals surface area contributed by atoms with Crippen LogP contribution in [0, 0.1) is 0 Å². The summed E-state index contributed by atoms with van der Waals surface area (Å²) in [6.45, 7) is 2.64. The van der Waals surface area contributed by atoms with Crippen LogP contribution in [-0.2, 0) is 18.2 Å². The fraction of sp³-hybridized carbons (Fsp3) is 0.500. The molecule has 3 heterocycles. The summed E-state index contributed by atoms with van der Waals surface area (Å²) in [5.74, 6) is 1.06. The predicted octanol–water partition coefficient (Wildman–Crippen LogP) is 0.499. The first kappa shape index (κ1) is 10.7. The number of hydrogen-bond acceptors (Lipinski definition) is 4. The van der Waals surface area contributed by atoms with Gasteiger partial charge in [0.25, 0.3) is 0 Å². The predicted molar refractivity (Wildman–Crippen MR) is 64.8 cm³/mol. The summed E-state index contributed by atoms with van der Waals surface area (Å²) < 4.78 is 7.82. The molecule has 1 aliphatic rings. The van der Waals surface area contributed by atoms with Gasteiger partial charge in [-0.05, 0) is 6.07 Å². The van der Waals surface area contributed by atoms with E-state index in [1.807, 2.05) is 13.1 Å². The number of aryl methyl sites for hydroxylation is 1. The maximum absolute atomic E-state index is 5.70. The van der Waals surface area contributed by atoms with Gasteiger partial charge in [-0.2, -0.15) is 0 Å². The van der Waals surface area contributed by atoms with Crippen molar-refractivity contribution in [2.24, 2.45) is 7.05 Å². The molecule has 1 atom stereocenters. The van der Waals surface area contributed by atoms with Crippen LogP contribution in [0.5, 0.6) is 0 Å². The second-order valence-corrected chi connectivity index (χ2v) is 4.35. The Morgan fingerprint density at radius 2 is 2.53 bits per heavy atom. The highest BCUT2D eigenvalue weighted by Crippen LogP contribution is 2.15. The van der Waals surface area contributed by atoms with Gasteiger partial charge in [0.05, 0.1) is 24.4 Å². The molecule has 2 aromatic heterocycles. The Morgan fingerprint density at radius 3 is 3.29 bits per heavy atom. The van der Waals surface area contributed by atoms with Gasteiger partial charge in [-0.1, -0.05) is 0 Å². The Balaban J connectivity index is 1.87. The van der Waals surface area contributed by atoms with Gasteiger partial charge in [0.1, 0.15) is 11.3 Å². The average Bonchev–Trinajstić information content (AvgIpc) is 2.68. The SMILES string of the molecule is Cn1c(CC2CNCCO2)nc2cnccc21. The molecule has 1 unspecified atom stereocenters. The number of nitrogens with one attached hydrogen (secondary N) is 1. The minimum Gasteiger partial charge on any atom is -0.375 e. The minimum absolute atomic E-state index is 0.229. The molecule has 1 aliphatic heterocycles. The number of pyridine rings is 1. The largest absolute Gasteiger partial charge is 0.375 e. The van der Waals surface area contributed by atoms with E-state index in [9.17, 15) is 0 Å². The number of fused-ring (bicyclic) bond motifs is 1. The van der Waals surface area contributed by atoms with Crippen LogP contribution in [0.25, 0.3) is 11.0 Å². The van der Waals surface area contributed by atoms with Crippen LogP contribution < -0.4 is 5.32 Å². The van der Waals surface area contributed by atoms with E-state index >= 15 is 0 Å². The van der Waals surface area contributed by atoms with Crippen molar-refractivity contribution >= 4 is 11.0 Å². The maximum atomic E-state index is 5.70. The lowest BCUT2D eigenvalue weighted by molar-refractivity contribution is 0.0277. The molecule has 1 N–H and O–H groups in total. The molecule has 2 aromatic rings. The van der Waals surface area contributed by atoms with Crippen molar-refractivity contribution in [2.45, 2.75) is 12.5 Å². The molecule has 0 radical (unpaired) electrons. The van der Waals surface area contributed by atoms with Crippen molar-refractivity contribution in [2.75, 3.05) is 19.7 Å². The monoisotopic (exact) mass is 232 g/mol. The number of imidazole rings is 1. The van der Waals surface area contributed by atoms with Crippen molar-refractivity contribution in [3.63, 3.8) is 0 Å². The van der Waals surface area contributed by atoms with Crippen molar-refractivity contribution in [1.29, 1.82) is 0 Å². The van der Waals surface area contributed by atoms with Crippen LogP contribution in [0.1, 0.15) is 5.82 Å². The van der Waals surface area contributed by atoms with Crippen LogP contribution >= 0.6 is 0 Å². The highest BCUT2D eigenvalue weighted by Gasteiger charge is 2.17. The van der Waals surface area contributed by atoms with Gasteiger partial charge in [0, 0.05) is 32.8 Å². The maximum Gasteiger partial charge on any atom is 0.112 e. The Kier molecular flexibility index (Phi) is 2.78. The van der Waals surface area contributed by atoms with E-state index in [1.165, 1.54) is 0 Å². The van der Waals surface area contributed by atoms with Gasteiger partial charge >= 0.3 is 0 Å². The third kappa shape index (κ3) is 2.03. The third-order valence-corrected chi connectivity index (χ3v) is 3.19. The van der Waals surface area contributed by atoms with Gasteiger partial charge in [-0.3, -0.25) is 4.98 Å². The number of morpholine rings is 1. The summed E-state index contributed by atoms with van der Waals surface area (Å²) in [6.07, 6.45) is 4.68. The number of hydrogen-bond donors (Lipinski definition) is 1. The number of rotatable bonds is 2. The van der Waals surface area contributed by atoms with Gasteiger partial charge in [0.2, 0.25) is 0 Å². The van der Waals surface area contributed by atoms with Crippen molar-refractivity contribution in [3.8, 4) is 0 Å². The van der Waals surface area contributed by atoms with Crippen LogP contribution in [0.3, 0.4) is 0 Å². The molecule has 0 amide bonds. The molecule has 3 rings (SSSR count). The Hall–Kier alpha value is -1.46. The van der Waals surface area contributed by atoms with Gasteiger partial charge in [0.15, 0.2) is 0 Å². The second kappa shape index (κ2) is 4.43. The lowest BCUT2D eigenvalue weighted by Gasteiger charge is -2.23. The van der Waals surface area contributed by atoms with E-state index in [1.54, 1.807) is 12.4 Å². The first-order chi connectivity index (χ1) is 8.34. The summed E-state index contributed by atoms with van der Waals surface area (Å²) in [5.41, 5.74) is 2.08. The van der Waals surface area contributed by atoms with E-state index in [0.717, 1.165) is 43.0 Å². The summed E-state index contributed by atoms with van der Waals surface area (Å²) in [7, 11) is 2.04. The quantitative estimate of drug-likeness (QED) is 0.819. The molecule has 0 spiro atoms. The molecule has 0 saturated carbocycles. The van der Waals surface area contributed by atoms with E-state index in [-0.39, 0.29) is 6.10 Å². The van der Waals surface area contributed by atoms with Crippen molar-refractivity contribution < 1.29 is 4.74 Å². The van der Waals surface area contributed by atoms with Gasteiger partial charge in [-0.15, -0.1) is 0 Å². The zero-order valence-corrected chi connectivity index (χ0v) is 9.89. The second-order valence-electron chi connectivity index (χ2n) is 4.35. The van der Waals surface area contributed by atoms with E-state index < -0.39 is 0 Å². The molecule has 1 saturated heterocycles. The van der Waals surface area contributed by atoms with Crippen LogP contribution in [0.4, 0.5) is 0 Å². The number of ether oxygens (including phenoxy) is 1. The molecule has 17 heavy (non-hydrogen) atoms. The molecule has 5 heteroatoms. The first-order valence-electron chi connectivity index (χ1n) is 5.92. The minimum atomic E-state index is 0.229. The topological polar surface area (TPSA) is 52.0 Å². The van der Waals surface area contributed by atoms with E-state index in [4.69, 9.17) is 4.74 Å². The molecular formula is C12H16N4O. The van der Waals surface area contributed by atoms with Crippen LogP contribution in [0.15, 0.2) is 18.5 Å². The third-order valence-electron chi connectivity index (χ3n) is 3.19. The molecule has 90 valence electrons. The molecule has 0 aromatic carbocycles. The Morgan fingerprint density at radius 1 is 1.59 bits per heavy atom. The lowest BCUT2D eigenvalue weighted by Crippen LogP contribution is -2.40. The first-order valence-corrected chi connectivity index (χ1v) is 5.92. The fourth-order valence-corrected chi connectivity index (χ4v) is 2.24. The lowest BCUT2D eigenvalue weighted by atomic mass is 10.2. The smallest absolute Gasteiger partial charge is 0.112 e. The zero-order valence-electron chi connectivity index (χ0n) is 9.89. The summed E-state index contributed by atoms with van der Waals surface area (Å²) in [6, 6.07) is 1.99. The number of nitrogens with zero attached hydrogens (tertiary/aromatic N) is 3. The summed E-state index contributed by atoms with van der Waals surface area (Å²) in [4.78, 5) is 8.69. The molecule has 0 bridgehead atoms. The molecule has 5 nitrogen and oxygen atoms in total. The van der Waals surface area contributed by atoms with E-state index in [0.29, 0.717) is 0 Å². The van der Waals surface area contributed by atoms with Gasteiger partial charge < -0.3 is 14.6 Å². The van der Waals surface area contributed by atoms with Crippen molar-refractivity contribution in [3.05, 3.63) is 24.3 Å². The zero-order chi connectivity index (χ0) is 11.7. The average molecular weight is 232 g/mol. The molecular weight excluding hydrogens is 216 g/mol. The Labute approximate surface area is 99.8 Å². The van der Waals surface area contributed by atoms with Gasteiger partial charge in [-0.25, -0.2) is 4.98 Å². The van der Waals surface area contributed by atoms with Crippen LogP contribution in [-0.4, -0.2) is 40.3 Å². The summed E-state index contributed by atoms with van der Waals surface area (Å²) >= 11 is 0. The van der Waals surface area contributed by atoms with E-state index in [2.05, 4.69) is 19.9 Å². The fourth-order valence-electron chi connectivity index (χ4n) is 2.24. The summed E-state index contributed by atoms with van der Waals surface area (Å²) in [5, 5.41) is 3.33. The van der Waals surface area contributed by atoms with Crippen molar-refractivity contribution in [1.82, 2.24) is 19.9 Å². The molecule has 0 aliphatic carbocycles. The number of aromatic nitrogens is 3. The highest BCUT2D eigenvalue weighted by atomic mass is 16.5. The normalized spacial score (nSPS) is 20.9. The Bertz CT molecular complexity index is 516. The van der Waals surface area contributed by atoms with Crippen LogP contribution in [0.2, 0.25) is 0 Å².